The number of hydrogen-bond donors (Lipinski definition) is 1. The number of carbonyl (C=O) groups is 1. The number of hydrogen-bond acceptors (Lipinski definition) is 4. The van der Waals surface area contributed by atoms with Crippen molar-refractivity contribution in [1.29, 1.82) is 0 Å². The van der Waals surface area contributed by atoms with Gasteiger partial charge in [-0.3, -0.25) is 10.0 Å². The number of rotatable bonds is 3. The van der Waals surface area contributed by atoms with E-state index in [2.05, 4.69) is 0 Å². The van der Waals surface area contributed by atoms with E-state index >= 15 is 0 Å². The predicted octanol–water partition coefficient (Wildman–Crippen LogP) is 2.38. The van der Waals surface area contributed by atoms with E-state index in [0.717, 1.165) is 5.56 Å². The molecule has 0 saturated heterocycles. The molecule has 1 aliphatic rings. The second-order valence-corrected chi connectivity index (χ2v) is 4.40. The molecule has 2 aromatic rings. The molecule has 1 N–H and O–H groups in total. The zero-order chi connectivity index (χ0) is 13.9. The zero-order valence-electron chi connectivity index (χ0n) is 10.7. The van der Waals surface area contributed by atoms with Gasteiger partial charge in [-0.2, -0.15) is 5.06 Å². The summed E-state index contributed by atoms with van der Waals surface area (Å²) in [6.45, 7) is 0.271. The smallest absolute Gasteiger partial charge is 0.288 e. The molecular weight excluding hydrogens is 258 g/mol. The first-order chi connectivity index (χ1) is 9.74. The minimum absolute atomic E-state index is 0.175. The Morgan fingerprint density at radius 3 is 2.80 bits per heavy atom. The fourth-order valence-corrected chi connectivity index (χ4v) is 1.95. The van der Waals surface area contributed by atoms with Crippen LogP contribution in [0.2, 0.25) is 0 Å². The van der Waals surface area contributed by atoms with Gasteiger partial charge in [-0.1, -0.05) is 30.3 Å². The average Bonchev–Trinajstić information content (AvgIpc) is 2.50. The van der Waals surface area contributed by atoms with Gasteiger partial charge in [-0.25, -0.2) is 0 Å². The normalized spacial score (nSPS) is 13.7. The Kier molecular flexibility index (Phi) is 3.26. The predicted molar refractivity (Wildman–Crippen MR) is 72.0 cm³/mol. The largest absolute Gasteiger partial charge is 0.489 e. The van der Waals surface area contributed by atoms with Crippen molar-refractivity contribution >= 4 is 11.6 Å². The quantitative estimate of drug-likeness (QED) is 0.871. The Labute approximate surface area is 115 Å². The van der Waals surface area contributed by atoms with Gasteiger partial charge < -0.3 is 9.47 Å². The Morgan fingerprint density at radius 2 is 2.00 bits per heavy atom. The first-order valence-electron chi connectivity index (χ1n) is 6.19. The van der Waals surface area contributed by atoms with E-state index in [0.29, 0.717) is 28.9 Å². The van der Waals surface area contributed by atoms with E-state index in [-0.39, 0.29) is 6.61 Å². The Balaban J connectivity index is 1.75. The number of ether oxygens (including phenoxy) is 2. The van der Waals surface area contributed by atoms with Gasteiger partial charge in [0.25, 0.3) is 5.91 Å². The highest BCUT2D eigenvalue weighted by Gasteiger charge is 2.24. The van der Waals surface area contributed by atoms with Gasteiger partial charge in [0, 0.05) is 6.07 Å². The zero-order valence-corrected chi connectivity index (χ0v) is 10.7. The van der Waals surface area contributed by atoms with Crippen molar-refractivity contribution in [3.63, 3.8) is 0 Å². The lowest BCUT2D eigenvalue weighted by molar-refractivity contribution is -0.126. The molecule has 1 aliphatic heterocycles. The van der Waals surface area contributed by atoms with Crippen LogP contribution >= 0.6 is 0 Å². The molecule has 1 heterocycles. The van der Waals surface area contributed by atoms with E-state index in [4.69, 9.17) is 9.47 Å². The van der Waals surface area contributed by atoms with Gasteiger partial charge in [0.1, 0.15) is 23.8 Å². The van der Waals surface area contributed by atoms with Crippen LogP contribution < -0.4 is 14.5 Å². The van der Waals surface area contributed by atoms with E-state index < -0.39 is 5.91 Å². The number of nitrogens with zero attached hydrogens (tertiary/aromatic N) is 1. The molecule has 0 bridgehead atoms. The highest BCUT2D eigenvalue weighted by molar-refractivity contribution is 5.95. The SMILES string of the molecule is O=C1COc2cc(OCc3ccccc3)ccc2N1O. The molecule has 5 nitrogen and oxygen atoms in total. The van der Waals surface area contributed by atoms with Crippen molar-refractivity contribution in [2.75, 3.05) is 11.7 Å². The molecule has 0 fully saturated rings. The van der Waals surface area contributed by atoms with Crippen LogP contribution in [0.4, 0.5) is 5.69 Å². The molecule has 1 amide bonds. The Hall–Kier alpha value is -2.53. The van der Waals surface area contributed by atoms with Crippen LogP contribution in [0.1, 0.15) is 5.56 Å². The molecule has 3 rings (SSSR count). The monoisotopic (exact) mass is 271 g/mol. The van der Waals surface area contributed by atoms with Crippen molar-refractivity contribution in [2.45, 2.75) is 6.61 Å². The number of benzene rings is 2. The molecule has 0 spiro atoms. The number of amides is 1. The van der Waals surface area contributed by atoms with E-state index in [1.807, 2.05) is 30.3 Å². The van der Waals surface area contributed by atoms with E-state index in [9.17, 15) is 10.0 Å². The highest BCUT2D eigenvalue weighted by atomic mass is 16.5. The summed E-state index contributed by atoms with van der Waals surface area (Å²) in [6.07, 6.45) is 0. The minimum atomic E-state index is -0.490. The Morgan fingerprint density at radius 1 is 1.20 bits per heavy atom. The summed E-state index contributed by atoms with van der Waals surface area (Å²) in [6, 6.07) is 14.7. The lowest BCUT2D eigenvalue weighted by atomic mass is 10.2. The number of hydroxylamine groups is 1. The molecule has 0 saturated carbocycles. The van der Waals surface area contributed by atoms with Crippen LogP contribution in [-0.2, 0) is 11.4 Å². The van der Waals surface area contributed by atoms with Gasteiger partial charge >= 0.3 is 0 Å². The Bertz CT molecular complexity index is 627. The van der Waals surface area contributed by atoms with Gasteiger partial charge in [0.15, 0.2) is 6.61 Å². The van der Waals surface area contributed by atoms with Crippen molar-refractivity contribution in [1.82, 2.24) is 0 Å². The molecule has 0 unspecified atom stereocenters. The third-order valence-electron chi connectivity index (χ3n) is 3.00. The van der Waals surface area contributed by atoms with Crippen molar-refractivity contribution < 1.29 is 19.5 Å². The number of anilines is 1. The van der Waals surface area contributed by atoms with Gasteiger partial charge in [0.2, 0.25) is 0 Å². The highest BCUT2D eigenvalue weighted by Crippen LogP contribution is 2.34. The molecule has 0 aliphatic carbocycles. The maximum Gasteiger partial charge on any atom is 0.288 e. The molecule has 0 atom stereocenters. The van der Waals surface area contributed by atoms with Crippen LogP contribution in [0, 0.1) is 0 Å². The van der Waals surface area contributed by atoms with Crippen LogP contribution in [0.25, 0.3) is 0 Å². The lowest BCUT2D eigenvalue weighted by Crippen LogP contribution is -2.35. The summed E-state index contributed by atoms with van der Waals surface area (Å²) < 4.78 is 10.9. The van der Waals surface area contributed by atoms with Crippen LogP contribution in [0.5, 0.6) is 11.5 Å². The first-order valence-corrected chi connectivity index (χ1v) is 6.19. The molecular formula is C15H13NO4. The number of fused-ring (bicyclic) bond motifs is 1. The second-order valence-electron chi connectivity index (χ2n) is 4.40. The summed E-state index contributed by atoms with van der Waals surface area (Å²) in [5, 5.41) is 10.2. The average molecular weight is 271 g/mol. The summed E-state index contributed by atoms with van der Waals surface area (Å²) in [5.74, 6) is 0.559. The summed E-state index contributed by atoms with van der Waals surface area (Å²) in [5.41, 5.74) is 1.39. The summed E-state index contributed by atoms with van der Waals surface area (Å²) in [4.78, 5) is 11.3. The fraction of sp³-hybridized carbons (Fsp3) is 0.133. The summed E-state index contributed by atoms with van der Waals surface area (Å²) >= 11 is 0. The van der Waals surface area contributed by atoms with Crippen molar-refractivity contribution in [3.8, 4) is 11.5 Å². The fourth-order valence-electron chi connectivity index (χ4n) is 1.95. The lowest BCUT2D eigenvalue weighted by Gasteiger charge is -2.24. The molecule has 2 aromatic carbocycles. The topological polar surface area (TPSA) is 59.0 Å². The van der Waals surface area contributed by atoms with E-state index in [1.54, 1.807) is 18.2 Å². The molecule has 20 heavy (non-hydrogen) atoms. The van der Waals surface area contributed by atoms with Gasteiger partial charge in [-0.15, -0.1) is 0 Å². The third-order valence-corrected chi connectivity index (χ3v) is 3.00. The van der Waals surface area contributed by atoms with E-state index in [1.165, 1.54) is 0 Å². The van der Waals surface area contributed by atoms with Crippen LogP contribution in [0.15, 0.2) is 48.5 Å². The standard InChI is InChI=1S/C15H13NO4/c17-15-10-20-14-8-12(6-7-13(14)16(15)18)19-9-11-4-2-1-3-5-11/h1-8,18H,9-10H2. The van der Waals surface area contributed by atoms with Gasteiger partial charge in [0.05, 0.1) is 0 Å². The van der Waals surface area contributed by atoms with Crippen molar-refractivity contribution in [3.05, 3.63) is 54.1 Å². The molecule has 102 valence electrons. The summed E-state index contributed by atoms with van der Waals surface area (Å²) in [7, 11) is 0. The van der Waals surface area contributed by atoms with Crippen LogP contribution in [0.3, 0.4) is 0 Å². The van der Waals surface area contributed by atoms with Crippen LogP contribution in [-0.4, -0.2) is 17.7 Å². The maximum atomic E-state index is 11.3. The van der Waals surface area contributed by atoms with Gasteiger partial charge in [-0.05, 0) is 17.7 Å². The molecule has 0 radical (unpaired) electrons. The maximum absolute atomic E-state index is 11.3. The minimum Gasteiger partial charge on any atom is -0.489 e. The first kappa shape index (κ1) is 12.5. The molecule has 0 aromatic heterocycles. The molecule has 5 heteroatoms. The van der Waals surface area contributed by atoms with Crippen molar-refractivity contribution in [2.24, 2.45) is 0 Å². The second kappa shape index (κ2) is 5.22. The number of carbonyl (C=O) groups excluding carboxylic acids is 1. The third kappa shape index (κ3) is 2.44.